The summed E-state index contributed by atoms with van der Waals surface area (Å²) in [6.07, 6.45) is 0.713. The van der Waals surface area contributed by atoms with Crippen molar-refractivity contribution in [1.82, 2.24) is 14.5 Å². The molecular formula is C30H35ClN4O. The monoisotopic (exact) mass is 502 g/mol. The Balaban J connectivity index is 1.89. The molecule has 1 heterocycles. The molecule has 0 spiro atoms. The van der Waals surface area contributed by atoms with Gasteiger partial charge in [0.2, 0.25) is 0 Å². The fourth-order valence-corrected chi connectivity index (χ4v) is 4.92. The zero-order valence-electron chi connectivity index (χ0n) is 21.5. The molecule has 0 unspecified atom stereocenters. The molecule has 0 radical (unpaired) electrons. The molecule has 0 bridgehead atoms. The number of amides is 1. The van der Waals surface area contributed by atoms with Gasteiger partial charge in [0.25, 0.3) is 5.91 Å². The van der Waals surface area contributed by atoms with Crippen molar-refractivity contribution in [2.45, 2.75) is 46.7 Å². The fraction of sp³-hybridized carbons (Fsp3) is 0.333. The summed E-state index contributed by atoms with van der Waals surface area (Å²) in [4.78, 5) is 21.0. The lowest BCUT2D eigenvalue weighted by Gasteiger charge is -2.34. The quantitative estimate of drug-likeness (QED) is 0.282. The molecule has 5 nitrogen and oxygen atoms in total. The summed E-state index contributed by atoms with van der Waals surface area (Å²) in [6.45, 7) is 10.0. The minimum absolute atomic E-state index is 0.00442. The molecule has 0 fully saturated rings. The summed E-state index contributed by atoms with van der Waals surface area (Å²) < 4.78 is 2.25. The normalized spacial score (nSPS) is 12.3. The Labute approximate surface area is 218 Å². The number of aromatic nitrogens is 2. The van der Waals surface area contributed by atoms with E-state index in [0.29, 0.717) is 36.6 Å². The lowest BCUT2D eigenvalue weighted by atomic mass is 9.99. The van der Waals surface area contributed by atoms with Crippen LogP contribution in [0.15, 0.2) is 66.7 Å². The van der Waals surface area contributed by atoms with Gasteiger partial charge in [-0.05, 0) is 68.1 Å². The van der Waals surface area contributed by atoms with Gasteiger partial charge in [-0.3, -0.25) is 4.79 Å². The largest absolute Gasteiger partial charge is 0.330 e. The van der Waals surface area contributed by atoms with Gasteiger partial charge in [-0.1, -0.05) is 73.5 Å². The van der Waals surface area contributed by atoms with E-state index in [0.717, 1.165) is 28.0 Å². The second kappa shape index (κ2) is 11.3. The summed E-state index contributed by atoms with van der Waals surface area (Å²) in [5, 5.41) is 0.690. The third-order valence-corrected chi connectivity index (χ3v) is 7.12. The Hall–Kier alpha value is -3.15. The maximum Gasteiger partial charge on any atom is 0.254 e. The van der Waals surface area contributed by atoms with Gasteiger partial charge in [-0.25, -0.2) is 4.98 Å². The van der Waals surface area contributed by atoms with E-state index in [9.17, 15) is 4.79 Å². The number of carbonyl (C=O) groups excluding carboxylic acids is 1. The van der Waals surface area contributed by atoms with Crippen LogP contribution >= 0.6 is 11.6 Å². The van der Waals surface area contributed by atoms with Crippen molar-refractivity contribution in [3.8, 4) is 0 Å². The van der Waals surface area contributed by atoms with Crippen molar-refractivity contribution in [2.75, 3.05) is 13.1 Å². The van der Waals surface area contributed by atoms with Crippen LogP contribution in [0.4, 0.5) is 0 Å². The second-order valence-corrected chi connectivity index (χ2v) is 10.2. The molecule has 1 atom stereocenters. The van der Waals surface area contributed by atoms with Crippen LogP contribution in [0, 0.1) is 19.8 Å². The predicted octanol–water partition coefficient (Wildman–Crippen LogP) is 6.54. The highest BCUT2D eigenvalue weighted by atomic mass is 35.5. The van der Waals surface area contributed by atoms with Crippen molar-refractivity contribution in [1.29, 1.82) is 0 Å². The molecular weight excluding hydrogens is 468 g/mol. The number of hydrogen-bond donors (Lipinski definition) is 1. The predicted molar refractivity (Wildman–Crippen MR) is 148 cm³/mol. The molecule has 0 saturated heterocycles. The lowest BCUT2D eigenvalue weighted by molar-refractivity contribution is 0.0605. The summed E-state index contributed by atoms with van der Waals surface area (Å²) in [5.74, 6) is 0.987. The molecule has 0 saturated carbocycles. The Bertz CT molecular complexity index is 1330. The van der Waals surface area contributed by atoms with E-state index in [2.05, 4.69) is 30.5 Å². The zero-order chi connectivity index (χ0) is 25.8. The van der Waals surface area contributed by atoms with E-state index < -0.39 is 0 Å². The van der Waals surface area contributed by atoms with E-state index in [1.165, 1.54) is 5.56 Å². The molecule has 36 heavy (non-hydrogen) atoms. The van der Waals surface area contributed by atoms with Gasteiger partial charge in [-0.15, -0.1) is 0 Å². The molecule has 6 heteroatoms. The number of nitrogens with two attached hydrogens (primary N) is 1. The Morgan fingerprint density at radius 2 is 1.72 bits per heavy atom. The van der Waals surface area contributed by atoms with Crippen molar-refractivity contribution in [3.05, 3.63) is 99.8 Å². The molecule has 4 aromatic rings. The van der Waals surface area contributed by atoms with Crippen LogP contribution in [-0.2, 0) is 6.54 Å². The molecule has 1 aromatic heterocycles. The first kappa shape index (κ1) is 25.9. The first-order chi connectivity index (χ1) is 17.3. The number of nitrogens with zero attached hydrogens (tertiary/aromatic N) is 3. The minimum Gasteiger partial charge on any atom is -0.330 e. The van der Waals surface area contributed by atoms with Crippen LogP contribution in [0.25, 0.3) is 11.0 Å². The third kappa shape index (κ3) is 5.32. The highest BCUT2D eigenvalue weighted by Crippen LogP contribution is 2.35. The van der Waals surface area contributed by atoms with Gasteiger partial charge in [0.05, 0.1) is 17.1 Å². The molecule has 188 valence electrons. The van der Waals surface area contributed by atoms with E-state index >= 15 is 0 Å². The number of fused-ring (bicyclic) bond motifs is 1. The Kier molecular flexibility index (Phi) is 8.12. The second-order valence-electron chi connectivity index (χ2n) is 9.78. The number of carbonyl (C=O) groups is 1. The van der Waals surface area contributed by atoms with Crippen LogP contribution in [0.2, 0.25) is 5.02 Å². The maximum absolute atomic E-state index is 13.9. The van der Waals surface area contributed by atoms with Gasteiger partial charge in [0.1, 0.15) is 5.82 Å². The molecule has 1 amide bonds. The van der Waals surface area contributed by atoms with Crippen LogP contribution < -0.4 is 5.73 Å². The smallest absolute Gasteiger partial charge is 0.254 e. The van der Waals surface area contributed by atoms with Gasteiger partial charge in [0.15, 0.2) is 0 Å². The van der Waals surface area contributed by atoms with Crippen molar-refractivity contribution < 1.29 is 4.79 Å². The summed E-state index contributed by atoms with van der Waals surface area (Å²) in [6, 6.07) is 21.8. The molecule has 2 N–H and O–H groups in total. The topological polar surface area (TPSA) is 64.2 Å². The number of rotatable bonds is 9. The summed E-state index contributed by atoms with van der Waals surface area (Å²) >= 11 is 6.50. The first-order valence-electron chi connectivity index (χ1n) is 12.6. The van der Waals surface area contributed by atoms with E-state index in [4.69, 9.17) is 22.3 Å². The fourth-order valence-electron chi connectivity index (χ4n) is 4.76. The van der Waals surface area contributed by atoms with E-state index in [1.807, 2.05) is 73.3 Å². The average Bonchev–Trinajstić information content (AvgIpc) is 3.22. The molecule has 0 aliphatic heterocycles. The maximum atomic E-state index is 13.9. The minimum atomic E-state index is -0.236. The number of aryl methyl sites for hydroxylation is 2. The van der Waals surface area contributed by atoms with E-state index in [-0.39, 0.29) is 17.9 Å². The molecule has 0 aliphatic carbocycles. The first-order valence-corrected chi connectivity index (χ1v) is 13.0. The van der Waals surface area contributed by atoms with Crippen molar-refractivity contribution in [2.24, 2.45) is 11.7 Å². The molecule has 4 rings (SSSR count). The van der Waals surface area contributed by atoms with E-state index in [1.54, 1.807) is 0 Å². The summed E-state index contributed by atoms with van der Waals surface area (Å²) in [5.41, 5.74) is 11.7. The third-order valence-electron chi connectivity index (χ3n) is 6.72. The highest BCUT2D eigenvalue weighted by molar-refractivity contribution is 6.32. The van der Waals surface area contributed by atoms with Crippen molar-refractivity contribution in [3.63, 3.8) is 0 Å². The van der Waals surface area contributed by atoms with Crippen LogP contribution in [0.1, 0.15) is 59.2 Å². The van der Waals surface area contributed by atoms with Gasteiger partial charge in [-0.2, -0.15) is 0 Å². The number of imidazole rings is 1. The highest BCUT2D eigenvalue weighted by Gasteiger charge is 2.33. The number of benzene rings is 3. The SMILES string of the molecule is Cc1ccc(C(=O)N(CCCN)[C@@H](c2nc3c(C)c(Cl)ccc3n2Cc2ccccc2)C(C)C)cc1. The molecule has 0 aliphatic rings. The standard InChI is InChI=1S/C30H35ClN4O/c1-20(2)28(34(18-8-17-32)30(36)24-13-11-21(3)12-14-24)29-33-27-22(4)25(31)15-16-26(27)35(29)19-23-9-6-5-7-10-23/h5-7,9-16,20,28H,8,17-19,32H2,1-4H3/t28-/m1/s1. The molecule has 3 aromatic carbocycles. The Morgan fingerprint density at radius 3 is 2.36 bits per heavy atom. The van der Waals surface area contributed by atoms with Crippen LogP contribution in [-0.4, -0.2) is 33.4 Å². The average molecular weight is 503 g/mol. The Morgan fingerprint density at radius 1 is 1.03 bits per heavy atom. The van der Waals surface area contributed by atoms with Gasteiger partial charge >= 0.3 is 0 Å². The van der Waals surface area contributed by atoms with Gasteiger partial charge < -0.3 is 15.2 Å². The van der Waals surface area contributed by atoms with Crippen LogP contribution in [0.3, 0.4) is 0 Å². The van der Waals surface area contributed by atoms with Gasteiger partial charge in [0, 0.05) is 23.7 Å². The zero-order valence-corrected chi connectivity index (χ0v) is 22.3. The number of hydrogen-bond acceptors (Lipinski definition) is 3. The lowest BCUT2D eigenvalue weighted by Crippen LogP contribution is -2.40. The van der Waals surface area contributed by atoms with Crippen molar-refractivity contribution >= 4 is 28.5 Å². The number of halogens is 1. The summed E-state index contributed by atoms with van der Waals surface area (Å²) in [7, 11) is 0. The van der Waals surface area contributed by atoms with Crippen LogP contribution in [0.5, 0.6) is 0 Å².